The Kier molecular flexibility index (Phi) is 4.69. The van der Waals surface area contributed by atoms with Gasteiger partial charge >= 0.3 is 5.97 Å². The van der Waals surface area contributed by atoms with Crippen LogP contribution >= 0.6 is 0 Å². The average molecular weight is 301 g/mol. The normalized spacial score (nSPS) is 10.9. The van der Waals surface area contributed by atoms with Crippen molar-refractivity contribution >= 4 is 27.6 Å². The van der Waals surface area contributed by atoms with E-state index in [1.807, 2.05) is 0 Å². The number of hydrogen-bond acceptors (Lipinski definition) is 5. The molecule has 0 aromatic heterocycles. The molecule has 9 heteroatoms. The maximum absolute atomic E-state index is 11.3. The molecule has 8 nitrogen and oxygen atoms in total. The van der Waals surface area contributed by atoms with Crippen molar-refractivity contribution in [1.29, 1.82) is 0 Å². The van der Waals surface area contributed by atoms with Gasteiger partial charge in [0.05, 0.1) is 22.7 Å². The molecule has 1 aromatic carbocycles. The molecule has 0 spiro atoms. The van der Waals surface area contributed by atoms with E-state index in [9.17, 15) is 18.0 Å². The largest absolute Gasteiger partial charge is 0.478 e. The number of rotatable bonds is 5. The zero-order valence-corrected chi connectivity index (χ0v) is 11.8. The highest BCUT2D eigenvalue weighted by molar-refractivity contribution is 7.89. The van der Waals surface area contributed by atoms with E-state index in [1.165, 1.54) is 31.1 Å². The minimum Gasteiger partial charge on any atom is -0.478 e. The van der Waals surface area contributed by atoms with Gasteiger partial charge in [0.2, 0.25) is 15.9 Å². The summed E-state index contributed by atoms with van der Waals surface area (Å²) in [7, 11) is -1.01. The summed E-state index contributed by atoms with van der Waals surface area (Å²) < 4.78 is 22.4. The molecule has 4 N–H and O–H groups in total. The van der Waals surface area contributed by atoms with Crippen LogP contribution in [0.3, 0.4) is 0 Å². The standard InChI is InChI=1S/C11H15N3O5S/c1-13-10(15)6-14(2)9-4-3-7(20(12,18)19)5-8(9)11(16)17/h3-5H,6H2,1-2H3,(H,13,15)(H,16,17)(H2,12,18,19). The predicted molar refractivity (Wildman–Crippen MR) is 72.1 cm³/mol. The van der Waals surface area contributed by atoms with Gasteiger partial charge in [-0.3, -0.25) is 4.79 Å². The van der Waals surface area contributed by atoms with Crippen molar-refractivity contribution in [2.45, 2.75) is 4.90 Å². The van der Waals surface area contributed by atoms with Crippen LogP contribution < -0.4 is 15.4 Å². The molecule has 0 unspecified atom stereocenters. The summed E-state index contributed by atoms with van der Waals surface area (Å²) in [4.78, 5) is 23.6. The smallest absolute Gasteiger partial charge is 0.337 e. The highest BCUT2D eigenvalue weighted by Gasteiger charge is 2.19. The number of benzene rings is 1. The number of sulfonamides is 1. The summed E-state index contributed by atoms with van der Waals surface area (Å²) in [6, 6.07) is 3.46. The fourth-order valence-corrected chi connectivity index (χ4v) is 2.12. The minimum absolute atomic E-state index is 0.0640. The second-order valence-electron chi connectivity index (χ2n) is 4.06. The monoisotopic (exact) mass is 301 g/mol. The topological polar surface area (TPSA) is 130 Å². The molecular weight excluding hydrogens is 286 g/mol. The predicted octanol–water partition coefficient (Wildman–Crippen LogP) is -0.786. The molecule has 0 aliphatic carbocycles. The summed E-state index contributed by atoms with van der Waals surface area (Å²) in [5, 5.41) is 16.5. The fraction of sp³-hybridized carbons (Fsp3) is 0.273. The SMILES string of the molecule is CNC(=O)CN(C)c1ccc(S(N)(=O)=O)cc1C(=O)O. The number of carboxylic acids is 1. The average Bonchev–Trinajstić information content (AvgIpc) is 2.36. The highest BCUT2D eigenvalue weighted by atomic mass is 32.2. The molecule has 1 aromatic rings. The van der Waals surface area contributed by atoms with Crippen molar-refractivity contribution < 1.29 is 23.1 Å². The van der Waals surface area contributed by atoms with Gasteiger partial charge in [-0.1, -0.05) is 0 Å². The number of nitrogens with zero attached hydrogens (tertiary/aromatic N) is 1. The van der Waals surface area contributed by atoms with E-state index < -0.39 is 16.0 Å². The molecule has 0 radical (unpaired) electrons. The Morgan fingerprint density at radius 3 is 2.45 bits per heavy atom. The molecule has 1 rings (SSSR count). The molecule has 0 saturated heterocycles. The van der Waals surface area contributed by atoms with Gasteiger partial charge in [-0.25, -0.2) is 18.4 Å². The highest BCUT2D eigenvalue weighted by Crippen LogP contribution is 2.22. The summed E-state index contributed by atoms with van der Waals surface area (Å²) >= 11 is 0. The van der Waals surface area contributed by atoms with Crippen LogP contribution in [0.5, 0.6) is 0 Å². The summed E-state index contributed by atoms with van der Waals surface area (Å²) in [6.07, 6.45) is 0. The zero-order valence-electron chi connectivity index (χ0n) is 11.0. The van der Waals surface area contributed by atoms with E-state index in [2.05, 4.69) is 5.32 Å². The van der Waals surface area contributed by atoms with Crippen LogP contribution in [0.25, 0.3) is 0 Å². The van der Waals surface area contributed by atoms with Crippen molar-refractivity contribution in [3.8, 4) is 0 Å². The van der Waals surface area contributed by atoms with Gasteiger partial charge in [-0.05, 0) is 18.2 Å². The quantitative estimate of drug-likeness (QED) is 0.653. The lowest BCUT2D eigenvalue weighted by Gasteiger charge is -2.20. The number of nitrogens with one attached hydrogen (secondary N) is 1. The first-order chi connectivity index (χ1) is 9.16. The first-order valence-corrected chi connectivity index (χ1v) is 7.03. The van der Waals surface area contributed by atoms with Gasteiger partial charge in [-0.15, -0.1) is 0 Å². The number of carbonyl (C=O) groups excluding carboxylic acids is 1. The Hall–Kier alpha value is -2.13. The number of amides is 1. The first-order valence-electron chi connectivity index (χ1n) is 5.48. The maximum Gasteiger partial charge on any atom is 0.337 e. The Morgan fingerprint density at radius 1 is 1.40 bits per heavy atom. The lowest BCUT2D eigenvalue weighted by atomic mass is 10.1. The van der Waals surface area contributed by atoms with E-state index in [4.69, 9.17) is 10.2 Å². The molecule has 110 valence electrons. The molecule has 0 aliphatic rings. The Labute approximate surface area is 116 Å². The molecule has 0 bridgehead atoms. The van der Waals surface area contributed by atoms with E-state index in [0.717, 1.165) is 6.07 Å². The van der Waals surface area contributed by atoms with Crippen molar-refractivity contribution in [3.05, 3.63) is 23.8 Å². The van der Waals surface area contributed by atoms with Crippen molar-refractivity contribution in [2.75, 3.05) is 25.5 Å². The third-order valence-electron chi connectivity index (χ3n) is 2.60. The van der Waals surface area contributed by atoms with Crippen LogP contribution in [-0.2, 0) is 14.8 Å². The second-order valence-corrected chi connectivity index (χ2v) is 5.62. The molecular formula is C11H15N3O5S. The van der Waals surface area contributed by atoms with Gasteiger partial charge < -0.3 is 15.3 Å². The van der Waals surface area contributed by atoms with Crippen LogP contribution in [0.15, 0.2) is 23.1 Å². The van der Waals surface area contributed by atoms with Crippen molar-refractivity contribution in [2.24, 2.45) is 5.14 Å². The first kappa shape index (κ1) is 15.9. The number of nitrogens with two attached hydrogens (primary N) is 1. The van der Waals surface area contributed by atoms with Crippen LogP contribution in [0, 0.1) is 0 Å². The van der Waals surface area contributed by atoms with Gasteiger partial charge in [0, 0.05) is 14.1 Å². The van der Waals surface area contributed by atoms with Crippen molar-refractivity contribution in [3.63, 3.8) is 0 Å². The molecule has 0 aliphatic heterocycles. The van der Waals surface area contributed by atoms with E-state index in [-0.39, 0.29) is 28.6 Å². The third-order valence-corrected chi connectivity index (χ3v) is 3.51. The Balaban J connectivity index is 3.27. The number of aromatic carboxylic acids is 1. The number of hydrogen-bond donors (Lipinski definition) is 3. The van der Waals surface area contributed by atoms with Gasteiger partial charge in [0.15, 0.2) is 0 Å². The molecule has 0 saturated carbocycles. The summed E-state index contributed by atoms with van der Waals surface area (Å²) in [6.45, 7) is -0.0640. The summed E-state index contributed by atoms with van der Waals surface area (Å²) in [5.41, 5.74) is -0.0311. The van der Waals surface area contributed by atoms with E-state index in [1.54, 1.807) is 0 Å². The van der Waals surface area contributed by atoms with Gasteiger partial charge in [0.25, 0.3) is 0 Å². The number of likely N-dealkylation sites (N-methyl/N-ethyl adjacent to an activating group) is 2. The third kappa shape index (κ3) is 3.68. The molecule has 1 amide bonds. The minimum atomic E-state index is -3.99. The Bertz CT molecular complexity index is 641. The number of anilines is 1. The molecule has 0 fully saturated rings. The van der Waals surface area contributed by atoms with Crippen LogP contribution in [-0.4, -0.2) is 46.0 Å². The number of carbonyl (C=O) groups is 2. The Morgan fingerprint density at radius 2 is 2.00 bits per heavy atom. The van der Waals surface area contributed by atoms with Gasteiger partial charge in [-0.2, -0.15) is 0 Å². The molecule has 20 heavy (non-hydrogen) atoms. The number of primary sulfonamides is 1. The summed E-state index contributed by atoms with van der Waals surface area (Å²) in [5.74, 6) is -1.62. The van der Waals surface area contributed by atoms with E-state index >= 15 is 0 Å². The number of carboxylic acid groups (broad SMARTS) is 1. The lowest BCUT2D eigenvalue weighted by Crippen LogP contribution is -2.33. The zero-order chi connectivity index (χ0) is 15.5. The fourth-order valence-electron chi connectivity index (χ4n) is 1.58. The van der Waals surface area contributed by atoms with Gasteiger partial charge in [0.1, 0.15) is 0 Å². The second kappa shape index (κ2) is 5.88. The molecule has 0 heterocycles. The van der Waals surface area contributed by atoms with Crippen LogP contribution in [0.4, 0.5) is 5.69 Å². The maximum atomic E-state index is 11.3. The van der Waals surface area contributed by atoms with E-state index in [0.29, 0.717) is 0 Å². The van der Waals surface area contributed by atoms with Crippen molar-refractivity contribution in [1.82, 2.24) is 5.32 Å². The van der Waals surface area contributed by atoms with Crippen LogP contribution in [0.1, 0.15) is 10.4 Å². The molecule has 0 atom stereocenters. The van der Waals surface area contributed by atoms with Crippen LogP contribution in [0.2, 0.25) is 0 Å². The lowest BCUT2D eigenvalue weighted by molar-refractivity contribution is -0.119.